The Bertz CT molecular complexity index is 737. The minimum Gasteiger partial charge on any atom is -0.392 e. The van der Waals surface area contributed by atoms with E-state index in [1.165, 1.54) is 12.0 Å². The normalized spacial score (nSPS) is 36.9. The van der Waals surface area contributed by atoms with Gasteiger partial charge in [-0.15, -0.1) is 11.8 Å². The van der Waals surface area contributed by atoms with E-state index in [9.17, 15) is 5.11 Å². The van der Waals surface area contributed by atoms with Gasteiger partial charge in [0.05, 0.1) is 18.8 Å². The molecule has 0 radical (unpaired) electrons. The Labute approximate surface area is 206 Å². The van der Waals surface area contributed by atoms with Crippen LogP contribution in [0.1, 0.15) is 78.1 Å². The van der Waals surface area contributed by atoms with Crippen LogP contribution in [0, 0.1) is 35.5 Å². The molecule has 34 heavy (non-hydrogen) atoms. The Hall–Kier alpha value is -1.16. The lowest BCUT2D eigenvalue weighted by molar-refractivity contribution is -0.193. The highest BCUT2D eigenvalue weighted by atomic mass is 16.7. The maximum Gasteiger partial charge on any atom is 0.158 e. The summed E-state index contributed by atoms with van der Waals surface area (Å²) >= 11 is 0. The zero-order valence-electron chi connectivity index (χ0n) is 21.1. The molecule has 5 heteroatoms. The van der Waals surface area contributed by atoms with Gasteiger partial charge in [-0.05, 0) is 82.5 Å². The third kappa shape index (κ3) is 6.95. The van der Waals surface area contributed by atoms with Crippen molar-refractivity contribution in [3.63, 3.8) is 0 Å². The molecule has 4 fully saturated rings. The Kier molecular flexibility index (Phi) is 10.1. The molecular formula is C29H44O5. The van der Waals surface area contributed by atoms with E-state index in [0.717, 1.165) is 71.0 Å². The Morgan fingerprint density at radius 2 is 1.85 bits per heavy atom. The highest BCUT2D eigenvalue weighted by molar-refractivity contribution is 5.18. The van der Waals surface area contributed by atoms with Crippen LogP contribution in [0.5, 0.6) is 0 Å². The van der Waals surface area contributed by atoms with Crippen LogP contribution in [0.2, 0.25) is 0 Å². The van der Waals surface area contributed by atoms with E-state index in [4.69, 9.17) is 18.9 Å². The first-order valence-electron chi connectivity index (χ1n) is 13.6. The molecule has 2 aliphatic carbocycles. The SMILES string of the molecule is CC#CCC(C)[C@@H](C=C[C@@H]1[C@H]2CC(=CCO)C[C@H]2C[C@H]1OC1CCCCO1)OC1CCCCO1. The first-order valence-corrected chi connectivity index (χ1v) is 13.6. The van der Waals surface area contributed by atoms with E-state index in [2.05, 4.69) is 30.9 Å². The molecule has 0 bridgehead atoms. The summed E-state index contributed by atoms with van der Waals surface area (Å²) < 4.78 is 24.9. The summed E-state index contributed by atoms with van der Waals surface area (Å²) in [5.41, 5.74) is 1.40. The molecule has 0 amide bonds. The smallest absolute Gasteiger partial charge is 0.158 e. The van der Waals surface area contributed by atoms with Crippen molar-refractivity contribution in [3.05, 3.63) is 23.8 Å². The van der Waals surface area contributed by atoms with Crippen molar-refractivity contribution >= 4 is 0 Å². The molecule has 0 aromatic carbocycles. The fourth-order valence-corrected chi connectivity index (χ4v) is 6.18. The van der Waals surface area contributed by atoms with Gasteiger partial charge in [0, 0.05) is 25.6 Å². The average molecular weight is 473 g/mol. The molecule has 1 N–H and O–H groups in total. The largest absolute Gasteiger partial charge is 0.392 e. The van der Waals surface area contributed by atoms with Crippen LogP contribution in [0.15, 0.2) is 23.8 Å². The van der Waals surface area contributed by atoms with Crippen molar-refractivity contribution in [2.45, 2.75) is 103 Å². The molecule has 2 saturated carbocycles. The van der Waals surface area contributed by atoms with Crippen molar-refractivity contribution in [3.8, 4) is 11.8 Å². The van der Waals surface area contributed by atoms with Gasteiger partial charge in [-0.3, -0.25) is 0 Å². The molecule has 4 aliphatic rings. The van der Waals surface area contributed by atoms with Gasteiger partial charge in [-0.1, -0.05) is 30.7 Å². The number of rotatable bonds is 9. The monoisotopic (exact) mass is 472 g/mol. The zero-order chi connectivity index (χ0) is 23.8. The van der Waals surface area contributed by atoms with Crippen molar-refractivity contribution in [2.24, 2.45) is 23.7 Å². The predicted molar refractivity (Wildman–Crippen MR) is 133 cm³/mol. The van der Waals surface area contributed by atoms with Gasteiger partial charge in [0.1, 0.15) is 0 Å². The molecule has 8 atom stereocenters. The van der Waals surface area contributed by atoms with Gasteiger partial charge in [-0.25, -0.2) is 0 Å². The molecule has 0 spiro atoms. The van der Waals surface area contributed by atoms with Crippen LogP contribution in [-0.2, 0) is 18.9 Å². The summed E-state index contributed by atoms with van der Waals surface area (Å²) in [4.78, 5) is 0. The maximum absolute atomic E-state index is 9.42. The number of allylic oxidation sites excluding steroid dienone is 1. The van der Waals surface area contributed by atoms with Gasteiger partial charge in [0.15, 0.2) is 12.6 Å². The molecule has 2 heterocycles. The number of ether oxygens (including phenoxy) is 4. The maximum atomic E-state index is 9.42. The van der Waals surface area contributed by atoms with Gasteiger partial charge in [0.2, 0.25) is 0 Å². The lowest BCUT2D eigenvalue weighted by Gasteiger charge is -2.31. The van der Waals surface area contributed by atoms with Crippen LogP contribution in [0.4, 0.5) is 0 Å². The van der Waals surface area contributed by atoms with Crippen molar-refractivity contribution < 1.29 is 24.1 Å². The van der Waals surface area contributed by atoms with Crippen LogP contribution in [-0.4, -0.2) is 49.7 Å². The molecule has 190 valence electrons. The zero-order valence-corrected chi connectivity index (χ0v) is 21.1. The highest BCUT2D eigenvalue weighted by Crippen LogP contribution is 2.51. The average Bonchev–Trinajstić information content (AvgIpc) is 3.38. The number of hydrogen-bond donors (Lipinski definition) is 1. The molecule has 2 saturated heterocycles. The fraction of sp³-hybridized carbons (Fsp3) is 0.793. The third-order valence-corrected chi connectivity index (χ3v) is 8.06. The van der Waals surface area contributed by atoms with E-state index in [1.54, 1.807) is 0 Å². The molecular weight excluding hydrogens is 428 g/mol. The van der Waals surface area contributed by atoms with Crippen molar-refractivity contribution in [1.29, 1.82) is 0 Å². The lowest BCUT2D eigenvalue weighted by atomic mass is 9.89. The minimum atomic E-state index is -0.120. The van der Waals surface area contributed by atoms with E-state index < -0.39 is 0 Å². The van der Waals surface area contributed by atoms with Crippen LogP contribution in [0.3, 0.4) is 0 Å². The van der Waals surface area contributed by atoms with Crippen LogP contribution < -0.4 is 0 Å². The topological polar surface area (TPSA) is 57.2 Å². The van der Waals surface area contributed by atoms with Gasteiger partial charge in [-0.2, -0.15) is 0 Å². The summed E-state index contributed by atoms with van der Waals surface area (Å²) in [6, 6.07) is 0. The molecule has 4 rings (SSSR count). The summed E-state index contributed by atoms with van der Waals surface area (Å²) in [6.07, 6.45) is 17.2. The fourth-order valence-electron chi connectivity index (χ4n) is 6.18. The Morgan fingerprint density at radius 1 is 1.09 bits per heavy atom. The van der Waals surface area contributed by atoms with Crippen LogP contribution >= 0.6 is 0 Å². The minimum absolute atomic E-state index is 0.0246. The number of hydrogen-bond acceptors (Lipinski definition) is 5. The Balaban J connectivity index is 1.49. The van der Waals surface area contributed by atoms with Gasteiger partial charge in [0.25, 0.3) is 0 Å². The van der Waals surface area contributed by atoms with E-state index in [0.29, 0.717) is 23.7 Å². The number of aliphatic hydroxyl groups is 1. The first-order chi connectivity index (χ1) is 16.7. The second kappa shape index (κ2) is 13.2. The predicted octanol–water partition coefficient (Wildman–Crippen LogP) is 5.38. The molecule has 3 unspecified atom stereocenters. The second-order valence-electron chi connectivity index (χ2n) is 10.6. The van der Waals surface area contributed by atoms with Crippen molar-refractivity contribution in [2.75, 3.05) is 19.8 Å². The lowest BCUT2D eigenvalue weighted by Crippen LogP contribution is -2.32. The summed E-state index contributed by atoms with van der Waals surface area (Å²) in [5.74, 6) is 8.07. The number of aliphatic hydroxyl groups excluding tert-OH is 1. The van der Waals surface area contributed by atoms with E-state index >= 15 is 0 Å². The first kappa shape index (κ1) is 25.9. The summed E-state index contributed by atoms with van der Waals surface area (Å²) in [7, 11) is 0. The quantitative estimate of drug-likeness (QED) is 0.361. The standard InChI is InChI=1S/C29H44O5/c1-3-4-9-21(2)26(33-28-10-5-7-16-31-28)13-12-24-25-19-22(14-15-30)18-23(25)20-27(24)34-29-11-6-8-17-32-29/h12-14,21,23-30H,5-11,15-20H2,1-2H3/t21?,23-,24+,25-,26+,27+,28?,29?/m0/s1. The third-order valence-electron chi connectivity index (χ3n) is 8.06. The number of fused-ring (bicyclic) bond motifs is 1. The summed E-state index contributed by atoms with van der Waals surface area (Å²) in [5, 5.41) is 9.42. The second-order valence-corrected chi connectivity index (χ2v) is 10.6. The highest BCUT2D eigenvalue weighted by Gasteiger charge is 2.47. The molecule has 2 aliphatic heterocycles. The van der Waals surface area contributed by atoms with Gasteiger partial charge >= 0.3 is 0 Å². The summed E-state index contributed by atoms with van der Waals surface area (Å²) in [6.45, 7) is 5.85. The molecule has 0 aromatic heterocycles. The van der Waals surface area contributed by atoms with Crippen LogP contribution in [0.25, 0.3) is 0 Å². The Morgan fingerprint density at radius 3 is 2.53 bits per heavy atom. The van der Waals surface area contributed by atoms with E-state index in [-0.39, 0.29) is 31.4 Å². The molecule has 5 nitrogen and oxygen atoms in total. The van der Waals surface area contributed by atoms with Gasteiger partial charge < -0.3 is 24.1 Å². The van der Waals surface area contributed by atoms with Crippen molar-refractivity contribution in [1.82, 2.24) is 0 Å². The molecule has 0 aromatic rings. The van der Waals surface area contributed by atoms with E-state index in [1.807, 2.05) is 13.0 Å².